The van der Waals surface area contributed by atoms with Gasteiger partial charge in [-0.15, -0.1) is 10.2 Å². The van der Waals surface area contributed by atoms with Gasteiger partial charge in [0.25, 0.3) is 0 Å². The van der Waals surface area contributed by atoms with Crippen molar-refractivity contribution in [2.24, 2.45) is 5.92 Å². The molecule has 1 aromatic carbocycles. The van der Waals surface area contributed by atoms with Gasteiger partial charge in [-0.2, -0.15) is 13.2 Å². The Balaban J connectivity index is 1.47. The van der Waals surface area contributed by atoms with Crippen LogP contribution in [0, 0.1) is 5.92 Å². The van der Waals surface area contributed by atoms with Gasteiger partial charge in [0.2, 0.25) is 5.91 Å². The van der Waals surface area contributed by atoms with E-state index in [0.29, 0.717) is 17.6 Å². The highest BCUT2D eigenvalue weighted by molar-refractivity contribution is 7.99. The second-order valence-electron chi connectivity index (χ2n) is 8.19. The molecule has 0 aliphatic heterocycles. The summed E-state index contributed by atoms with van der Waals surface area (Å²) in [6.45, 7) is 1.10. The number of halogens is 3. The number of carbonyl (C=O) groups excluding carboxylic acids is 1. The number of carbonyl (C=O) groups is 1. The van der Waals surface area contributed by atoms with Crippen LogP contribution in [0.4, 0.5) is 13.2 Å². The quantitative estimate of drug-likeness (QED) is 0.542. The summed E-state index contributed by atoms with van der Waals surface area (Å²) in [5.74, 6) is 0.865. The number of hydrogen-bond donors (Lipinski definition) is 0. The van der Waals surface area contributed by atoms with Gasteiger partial charge in [0.05, 0.1) is 12.3 Å². The van der Waals surface area contributed by atoms with Crippen LogP contribution in [-0.2, 0) is 11.3 Å². The van der Waals surface area contributed by atoms with Crippen molar-refractivity contribution in [3.8, 4) is 0 Å². The lowest BCUT2D eigenvalue weighted by molar-refractivity contribution is -0.164. The Kier molecular flexibility index (Phi) is 6.09. The summed E-state index contributed by atoms with van der Waals surface area (Å²) >= 11 is 1.18. The summed E-state index contributed by atoms with van der Waals surface area (Å²) < 4.78 is 41.2. The summed E-state index contributed by atoms with van der Waals surface area (Å²) in [4.78, 5) is 13.7. The molecule has 4 rings (SSSR count). The standard InChI is InChI=1S/C21H25F3N4OS/c1-14(16-7-8-16)28(13-21(22,23)24)18(29)12-30-20-26-25-19(17-9-10-17)27(20)11-15-5-3-2-4-6-15/h2-6,14,16-17H,7-13H2,1H3/t14-/m1/s1. The lowest BCUT2D eigenvalue weighted by atomic mass is 10.2. The van der Waals surface area contributed by atoms with Crippen LogP contribution in [0.2, 0.25) is 0 Å². The Morgan fingerprint density at radius 1 is 1.20 bits per heavy atom. The molecule has 1 atom stereocenters. The number of hydrogen-bond acceptors (Lipinski definition) is 4. The van der Waals surface area contributed by atoms with Crippen LogP contribution >= 0.6 is 11.8 Å². The van der Waals surface area contributed by atoms with E-state index in [-0.39, 0.29) is 11.7 Å². The Labute approximate surface area is 178 Å². The second kappa shape index (κ2) is 8.61. The van der Waals surface area contributed by atoms with Crippen molar-refractivity contribution in [1.82, 2.24) is 19.7 Å². The molecular weight excluding hydrogens is 413 g/mol. The molecule has 2 aromatic rings. The first kappa shape index (κ1) is 21.2. The molecule has 0 radical (unpaired) electrons. The van der Waals surface area contributed by atoms with Gasteiger partial charge in [-0.1, -0.05) is 42.1 Å². The van der Waals surface area contributed by atoms with Gasteiger partial charge >= 0.3 is 6.18 Å². The average molecular weight is 439 g/mol. The van der Waals surface area contributed by atoms with Crippen LogP contribution in [0.1, 0.15) is 49.9 Å². The molecule has 2 aliphatic carbocycles. The number of aromatic nitrogens is 3. The Morgan fingerprint density at radius 3 is 2.50 bits per heavy atom. The molecule has 0 saturated heterocycles. The summed E-state index contributed by atoms with van der Waals surface area (Å²) in [6.07, 6.45) is -0.516. The van der Waals surface area contributed by atoms with Crippen molar-refractivity contribution in [3.63, 3.8) is 0 Å². The average Bonchev–Trinajstić information content (AvgIpc) is 3.62. The van der Waals surface area contributed by atoms with Gasteiger partial charge < -0.3 is 9.47 Å². The zero-order valence-electron chi connectivity index (χ0n) is 16.8. The molecule has 5 nitrogen and oxygen atoms in total. The minimum absolute atomic E-state index is 0.0786. The van der Waals surface area contributed by atoms with E-state index in [1.807, 2.05) is 34.9 Å². The highest BCUT2D eigenvalue weighted by Gasteiger charge is 2.40. The third-order valence-electron chi connectivity index (χ3n) is 5.66. The molecule has 0 bridgehead atoms. The van der Waals surface area contributed by atoms with E-state index in [1.54, 1.807) is 6.92 Å². The predicted octanol–water partition coefficient (Wildman–Crippen LogP) is 4.49. The SMILES string of the molecule is C[C@H](C1CC1)N(CC(F)(F)F)C(=O)CSc1nnc(C2CC2)n1Cc1ccccc1. The monoisotopic (exact) mass is 438 g/mol. The first-order valence-corrected chi connectivity index (χ1v) is 11.3. The van der Waals surface area contributed by atoms with Crippen molar-refractivity contribution in [2.75, 3.05) is 12.3 Å². The molecule has 2 aliphatic rings. The van der Waals surface area contributed by atoms with Crippen molar-refractivity contribution in [1.29, 1.82) is 0 Å². The van der Waals surface area contributed by atoms with Gasteiger partial charge in [-0.25, -0.2) is 0 Å². The van der Waals surface area contributed by atoms with Gasteiger partial charge in [0.1, 0.15) is 12.4 Å². The van der Waals surface area contributed by atoms with E-state index in [2.05, 4.69) is 10.2 Å². The van der Waals surface area contributed by atoms with Gasteiger partial charge in [0, 0.05) is 12.0 Å². The van der Waals surface area contributed by atoms with E-state index in [0.717, 1.165) is 42.0 Å². The van der Waals surface area contributed by atoms with Crippen molar-refractivity contribution in [2.45, 2.75) is 62.4 Å². The molecule has 162 valence electrons. The predicted molar refractivity (Wildman–Crippen MR) is 108 cm³/mol. The fourth-order valence-corrected chi connectivity index (χ4v) is 4.49. The molecular formula is C21H25F3N4OS. The zero-order chi connectivity index (χ0) is 21.3. The molecule has 9 heteroatoms. The third kappa shape index (κ3) is 5.36. The fraction of sp³-hybridized carbons (Fsp3) is 0.571. The first-order chi connectivity index (χ1) is 14.3. The summed E-state index contributed by atoms with van der Waals surface area (Å²) in [5.41, 5.74) is 1.09. The first-order valence-electron chi connectivity index (χ1n) is 10.3. The molecule has 0 N–H and O–H groups in total. The maximum absolute atomic E-state index is 13.1. The Hall–Kier alpha value is -2.03. The number of amides is 1. The second-order valence-corrected chi connectivity index (χ2v) is 9.13. The van der Waals surface area contributed by atoms with Crippen molar-refractivity contribution < 1.29 is 18.0 Å². The van der Waals surface area contributed by atoms with Crippen molar-refractivity contribution >= 4 is 17.7 Å². The van der Waals surface area contributed by atoms with Crippen LogP contribution in [0.3, 0.4) is 0 Å². The molecule has 1 aromatic heterocycles. The maximum atomic E-state index is 13.1. The molecule has 0 unspecified atom stereocenters. The number of nitrogens with zero attached hydrogens (tertiary/aromatic N) is 4. The minimum Gasteiger partial charge on any atom is -0.330 e. The van der Waals surface area contributed by atoms with E-state index in [1.165, 1.54) is 11.8 Å². The largest absolute Gasteiger partial charge is 0.406 e. The zero-order valence-corrected chi connectivity index (χ0v) is 17.6. The smallest absolute Gasteiger partial charge is 0.330 e. The lowest BCUT2D eigenvalue weighted by Crippen LogP contribution is -2.46. The Bertz CT molecular complexity index is 878. The van der Waals surface area contributed by atoms with E-state index < -0.39 is 24.7 Å². The molecule has 1 amide bonds. The third-order valence-corrected chi connectivity index (χ3v) is 6.61. The van der Waals surface area contributed by atoms with Crippen molar-refractivity contribution in [3.05, 3.63) is 41.7 Å². The van der Waals surface area contributed by atoms with Crippen LogP contribution in [-0.4, -0.2) is 50.1 Å². The Morgan fingerprint density at radius 2 is 1.90 bits per heavy atom. The van der Waals surface area contributed by atoms with Gasteiger partial charge in [-0.3, -0.25) is 4.79 Å². The summed E-state index contributed by atoms with van der Waals surface area (Å²) in [7, 11) is 0. The van der Waals surface area contributed by atoms with E-state index >= 15 is 0 Å². The lowest BCUT2D eigenvalue weighted by Gasteiger charge is -2.30. The van der Waals surface area contributed by atoms with Crippen LogP contribution in [0.15, 0.2) is 35.5 Å². The molecule has 2 fully saturated rings. The van der Waals surface area contributed by atoms with E-state index in [4.69, 9.17) is 0 Å². The van der Waals surface area contributed by atoms with Crippen LogP contribution in [0.25, 0.3) is 0 Å². The summed E-state index contributed by atoms with van der Waals surface area (Å²) in [6, 6.07) is 9.49. The molecule has 0 spiro atoms. The molecule has 30 heavy (non-hydrogen) atoms. The van der Waals surface area contributed by atoms with Crippen LogP contribution < -0.4 is 0 Å². The topological polar surface area (TPSA) is 51.0 Å². The highest BCUT2D eigenvalue weighted by atomic mass is 32.2. The normalized spacial score (nSPS) is 17.7. The molecule has 2 saturated carbocycles. The van der Waals surface area contributed by atoms with Crippen LogP contribution in [0.5, 0.6) is 0 Å². The fourth-order valence-electron chi connectivity index (χ4n) is 3.66. The maximum Gasteiger partial charge on any atom is 0.406 e. The molecule has 1 heterocycles. The number of benzene rings is 1. The number of thioether (sulfide) groups is 1. The highest BCUT2D eigenvalue weighted by Crippen LogP contribution is 2.40. The number of alkyl halides is 3. The van der Waals surface area contributed by atoms with E-state index in [9.17, 15) is 18.0 Å². The number of rotatable bonds is 9. The van der Waals surface area contributed by atoms with Gasteiger partial charge in [-0.05, 0) is 44.1 Å². The minimum atomic E-state index is -4.41. The van der Waals surface area contributed by atoms with Gasteiger partial charge in [0.15, 0.2) is 5.16 Å². The summed E-state index contributed by atoms with van der Waals surface area (Å²) in [5, 5.41) is 9.16.